The number of nitriles is 1. The highest BCUT2D eigenvalue weighted by molar-refractivity contribution is 8.02. The molecule has 1 aliphatic rings. The SMILES string of the molecule is N#CC1=C(SCc2ccc(Cl)cc2)NC(=O)C[C@H]1c1ccc(F)cc1. The topological polar surface area (TPSA) is 52.9 Å². The van der Waals surface area contributed by atoms with Gasteiger partial charge in [-0.25, -0.2) is 4.39 Å². The molecule has 1 amide bonds. The number of benzene rings is 2. The number of nitrogens with one attached hydrogen (secondary N) is 1. The van der Waals surface area contributed by atoms with E-state index in [2.05, 4.69) is 11.4 Å². The van der Waals surface area contributed by atoms with Crippen molar-refractivity contribution >= 4 is 29.3 Å². The third-order valence-electron chi connectivity index (χ3n) is 3.92. The van der Waals surface area contributed by atoms with Gasteiger partial charge in [-0.3, -0.25) is 4.79 Å². The van der Waals surface area contributed by atoms with Gasteiger partial charge in [0.25, 0.3) is 0 Å². The van der Waals surface area contributed by atoms with Gasteiger partial charge >= 0.3 is 0 Å². The van der Waals surface area contributed by atoms with Gasteiger partial charge in [-0.15, -0.1) is 11.8 Å². The summed E-state index contributed by atoms with van der Waals surface area (Å²) in [7, 11) is 0. The van der Waals surface area contributed by atoms with Crippen molar-refractivity contribution in [3.63, 3.8) is 0 Å². The molecule has 0 aromatic heterocycles. The summed E-state index contributed by atoms with van der Waals surface area (Å²) in [5, 5.41) is 13.6. The maximum absolute atomic E-state index is 13.2. The van der Waals surface area contributed by atoms with Gasteiger partial charge in [0.1, 0.15) is 5.82 Å². The highest BCUT2D eigenvalue weighted by Gasteiger charge is 2.29. The minimum Gasteiger partial charge on any atom is -0.320 e. The predicted octanol–water partition coefficient (Wildman–Crippen LogP) is 4.75. The minimum atomic E-state index is -0.355. The molecule has 1 N–H and O–H groups in total. The lowest BCUT2D eigenvalue weighted by Crippen LogP contribution is -2.30. The number of halogens is 2. The summed E-state index contributed by atoms with van der Waals surface area (Å²) in [5.74, 6) is -0.239. The van der Waals surface area contributed by atoms with Crippen LogP contribution < -0.4 is 5.32 Å². The van der Waals surface area contributed by atoms with Gasteiger partial charge in [-0.2, -0.15) is 5.26 Å². The quantitative estimate of drug-likeness (QED) is 0.842. The Bertz CT molecular complexity index is 856. The number of carbonyl (C=O) groups is 1. The van der Waals surface area contributed by atoms with Gasteiger partial charge in [0, 0.05) is 23.1 Å². The first-order chi connectivity index (χ1) is 12.1. The molecule has 126 valence electrons. The van der Waals surface area contributed by atoms with Crippen LogP contribution in [0.25, 0.3) is 0 Å². The van der Waals surface area contributed by atoms with E-state index >= 15 is 0 Å². The molecular weight excluding hydrogens is 359 g/mol. The molecule has 1 heterocycles. The number of rotatable bonds is 4. The number of amides is 1. The van der Waals surface area contributed by atoms with Gasteiger partial charge < -0.3 is 5.32 Å². The van der Waals surface area contributed by atoms with Crippen LogP contribution in [0, 0.1) is 17.1 Å². The van der Waals surface area contributed by atoms with Crippen LogP contribution in [0.1, 0.15) is 23.5 Å². The zero-order valence-corrected chi connectivity index (χ0v) is 14.7. The van der Waals surface area contributed by atoms with Crippen LogP contribution in [0.2, 0.25) is 5.02 Å². The van der Waals surface area contributed by atoms with Gasteiger partial charge in [0.2, 0.25) is 5.91 Å². The fourth-order valence-corrected chi connectivity index (χ4v) is 3.81. The Morgan fingerprint density at radius 2 is 1.88 bits per heavy atom. The summed E-state index contributed by atoms with van der Waals surface area (Å²) in [5.41, 5.74) is 2.31. The Kier molecular flexibility index (Phi) is 5.42. The van der Waals surface area contributed by atoms with E-state index in [9.17, 15) is 14.4 Å². The third-order valence-corrected chi connectivity index (χ3v) is 5.27. The second kappa shape index (κ2) is 7.73. The molecule has 0 radical (unpaired) electrons. The molecular formula is C19H14ClFN2OS. The van der Waals surface area contributed by atoms with Crippen molar-refractivity contribution in [1.82, 2.24) is 5.32 Å². The molecule has 2 aromatic rings. The summed E-state index contributed by atoms with van der Waals surface area (Å²) in [6, 6.07) is 15.6. The molecule has 25 heavy (non-hydrogen) atoms. The Labute approximate surface area is 154 Å². The van der Waals surface area contributed by atoms with Crippen LogP contribution in [0.15, 0.2) is 59.1 Å². The molecule has 0 saturated carbocycles. The molecule has 0 spiro atoms. The lowest BCUT2D eigenvalue weighted by atomic mass is 9.87. The first kappa shape index (κ1) is 17.5. The number of hydrogen-bond donors (Lipinski definition) is 1. The van der Waals surface area contributed by atoms with Crippen molar-refractivity contribution < 1.29 is 9.18 Å². The van der Waals surface area contributed by atoms with Crippen molar-refractivity contribution in [1.29, 1.82) is 5.26 Å². The summed E-state index contributed by atoms with van der Waals surface area (Å²) < 4.78 is 13.2. The summed E-state index contributed by atoms with van der Waals surface area (Å²) >= 11 is 7.28. The fraction of sp³-hybridized carbons (Fsp3) is 0.158. The molecule has 1 aliphatic heterocycles. The molecule has 0 bridgehead atoms. The van der Waals surface area contributed by atoms with E-state index in [1.807, 2.05) is 12.1 Å². The number of thioether (sulfide) groups is 1. The molecule has 1 atom stereocenters. The summed E-state index contributed by atoms with van der Waals surface area (Å²) in [4.78, 5) is 12.1. The van der Waals surface area contributed by atoms with E-state index in [1.54, 1.807) is 24.3 Å². The third kappa shape index (κ3) is 4.22. The average Bonchev–Trinajstić information content (AvgIpc) is 2.61. The highest BCUT2D eigenvalue weighted by atomic mass is 35.5. The smallest absolute Gasteiger partial charge is 0.225 e. The maximum atomic E-state index is 13.2. The molecule has 0 unspecified atom stereocenters. The molecule has 0 fully saturated rings. The molecule has 2 aromatic carbocycles. The standard InChI is InChI=1S/C19H14ClFN2OS/c20-14-5-1-12(2-6-14)11-25-19-17(10-22)16(9-18(24)23-19)13-3-7-15(21)8-4-13/h1-8,16H,9,11H2,(H,23,24)/t16-/m0/s1. The fourth-order valence-electron chi connectivity index (χ4n) is 2.65. The Balaban J connectivity index is 1.86. The number of allylic oxidation sites excluding steroid dienone is 1. The largest absolute Gasteiger partial charge is 0.320 e. The molecule has 0 aliphatic carbocycles. The highest BCUT2D eigenvalue weighted by Crippen LogP contribution is 2.36. The Morgan fingerprint density at radius 3 is 2.52 bits per heavy atom. The van der Waals surface area contributed by atoms with Crippen molar-refractivity contribution in [2.24, 2.45) is 0 Å². The molecule has 6 heteroatoms. The van der Waals surface area contributed by atoms with Gasteiger partial charge in [-0.05, 0) is 35.4 Å². The second-order valence-corrected chi connectivity index (χ2v) is 7.05. The van der Waals surface area contributed by atoms with Crippen molar-refractivity contribution in [2.75, 3.05) is 0 Å². The van der Waals surface area contributed by atoms with Crippen LogP contribution in [0.5, 0.6) is 0 Å². The van der Waals surface area contributed by atoms with E-state index in [1.165, 1.54) is 23.9 Å². The van der Waals surface area contributed by atoms with E-state index in [-0.39, 0.29) is 24.1 Å². The van der Waals surface area contributed by atoms with Crippen LogP contribution in [-0.2, 0) is 10.5 Å². The lowest BCUT2D eigenvalue weighted by Gasteiger charge is -2.25. The average molecular weight is 373 g/mol. The van der Waals surface area contributed by atoms with Crippen LogP contribution in [0.3, 0.4) is 0 Å². The zero-order chi connectivity index (χ0) is 17.8. The van der Waals surface area contributed by atoms with Crippen molar-refractivity contribution in [3.05, 3.63) is 81.1 Å². The number of hydrogen-bond acceptors (Lipinski definition) is 3. The van der Waals surface area contributed by atoms with Crippen LogP contribution in [-0.4, -0.2) is 5.91 Å². The second-order valence-electron chi connectivity index (χ2n) is 5.63. The lowest BCUT2D eigenvalue weighted by molar-refractivity contribution is -0.120. The first-order valence-electron chi connectivity index (χ1n) is 7.63. The monoisotopic (exact) mass is 372 g/mol. The first-order valence-corrected chi connectivity index (χ1v) is 9.00. The van der Waals surface area contributed by atoms with Crippen molar-refractivity contribution in [2.45, 2.75) is 18.1 Å². The maximum Gasteiger partial charge on any atom is 0.225 e. The van der Waals surface area contributed by atoms with E-state index < -0.39 is 0 Å². The van der Waals surface area contributed by atoms with Crippen molar-refractivity contribution in [3.8, 4) is 6.07 Å². The van der Waals surface area contributed by atoms with E-state index in [4.69, 9.17) is 11.6 Å². The molecule has 3 rings (SSSR count). The van der Waals surface area contributed by atoms with E-state index in [0.717, 1.165) is 11.1 Å². The molecule has 3 nitrogen and oxygen atoms in total. The van der Waals surface area contributed by atoms with Crippen LogP contribution in [0.4, 0.5) is 4.39 Å². The minimum absolute atomic E-state index is 0.146. The summed E-state index contributed by atoms with van der Waals surface area (Å²) in [6.07, 6.45) is 0.180. The van der Waals surface area contributed by atoms with Gasteiger partial charge in [0.15, 0.2) is 0 Å². The van der Waals surface area contributed by atoms with Gasteiger partial charge in [-0.1, -0.05) is 35.9 Å². The molecule has 0 saturated heterocycles. The Hall–Kier alpha value is -2.29. The predicted molar refractivity (Wildman–Crippen MR) is 97.3 cm³/mol. The normalized spacial score (nSPS) is 17.2. The van der Waals surface area contributed by atoms with Gasteiger partial charge in [0.05, 0.1) is 16.7 Å². The van der Waals surface area contributed by atoms with E-state index in [0.29, 0.717) is 21.4 Å². The Morgan fingerprint density at radius 1 is 1.20 bits per heavy atom. The number of nitrogens with zero attached hydrogens (tertiary/aromatic N) is 1. The number of carbonyl (C=O) groups excluding carboxylic acids is 1. The van der Waals surface area contributed by atoms with Crippen LogP contribution >= 0.6 is 23.4 Å². The summed E-state index contributed by atoms with van der Waals surface area (Å²) in [6.45, 7) is 0. The zero-order valence-electron chi connectivity index (χ0n) is 13.1.